The van der Waals surface area contributed by atoms with Crippen molar-refractivity contribution in [2.75, 3.05) is 0 Å². The molecule has 2 nitrogen and oxygen atoms in total. The fourth-order valence-electron chi connectivity index (χ4n) is 7.93. The van der Waals surface area contributed by atoms with E-state index in [-0.39, 0.29) is 5.41 Å². The number of ketones is 1. The molecule has 1 aromatic carbocycles. The SMILES string of the molecule is C[C@]12CC[C@@H](OCc3ccccc3)C[C@@H]1CC[C@H]1[C@H]2CC[C@@]2(C)C(=O)CC[C@H]12. The van der Waals surface area contributed by atoms with Gasteiger partial charge in [-0.25, -0.2) is 0 Å². The Bertz CT molecular complexity index is 727. The molecule has 4 saturated carbocycles. The van der Waals surface area contributed by atoms with Crippen LogP contribution in [0.5, 0.6) is 0 Å². The van der Waals surface area contributed by atoms with Crippen molar-refractivity contribution < 1.29 is 9.53 Å². The Morgan fingerprint density at radius 1 is 0.964 bits per heavy atom. The Kier molecular flexibility index (Phi) is 4.69. The van der Waals surface area contributed by atoms with E-state index in [0.717, 1.165) is 37.2 Å². The molecule has 0 radical (unpaired) electrons. The van der Waals surface area contributed by atoms with Gasteiger partial charge in [-0.3, -0.25) is 4.79 Å². The normalized spacial score (nSPS) is 45.2. The first kappa shape index (κ1) is 18.9. The minimum Gasteiger partial charge on any atom is -0.374 e. The van der Waals surface area contributed by atoms with Gasteiger partial charge in [-0.2, -0.15) is 0 Å². The molecule has 0 bridgehead atoms. The van der Waals surface area contributed by atoms with Crippen molar-refractivity contribution in [1.82, 2.24) is 0 Å². The van der Waals surface area contributed by atoms with Crippen LogP contribution in [0, 0.1) is 34.5 Å². The average Bonchev–Trinajstić information content (AvgIpc) is 3.02. The molecule has 5 rings (SSSR count). The van der Waals surface area contributed by atoms with Crippen LogP contribution in [0.25, 0.3) is 0 Å². The van der Waals surface area contributed by atoms with E-state index in [1.165, 1.54) is 50.5 Å². The number of ether oxygens (including phenoxy) is 1. The lowest BCUT2D eigenvalue weighted by Crippen LogP contribution is -2.54. The van der Waals surface area contributed by atoms with Crippen molar-refractivity contribution in [3.63, 3.8) is 0 Å². The molecule has 0 saturated heterocycles. The minimum absolute atomic E-state index is 0.0142. The zero-order valence-corrected chi connectivity index (χ0v) is 17.7. The summed E-state index contributed by atoms with van der Waals surface area (Å²) in [6.07, 6.45) is 11.3. The molecule has 7 atom stereocenters. The predicted molar refractivity (Wildman–Crippen MR) is 112 cm³/mol. The van der Waals surface area contributed by atoms with Gasteiger partial charge in [-0.05, 0) is 86.0 Å². The molecule has 1 aromatic rings. The Hall–Kier alpha value is -1.15. The van der Waals surface area contributed by atoms with Gasteiger partial charge in [0.2, 0.25) is 0 Å². The van der Waals surface area contributed by atoms with Gasteiger partial charge in [-0.15, -0.1) is 0 Å². The summed E-state index contributed by atoms with van der Waals surface area (Å²) in [7, 11) is 0. The number of Topliss-reactive ketones (excluding diaryl/α,β-unsaturated/α-hetero) is 1. The fraction of sp³-hybridized carbons (Fsp3) is 0.731. The van der Waals surface area contributed by atoms with E-state index < -0.39 is 0 Å². The first-order chi connectivity index (χ1) is 13.5. The van der Waals surface area contributed by atoms with Gasteiger partial charge in [0.25, 0.3) is 0 Å². The molecule has 28 heavy (non-hydrogen) atoms. The number of rotatable bonds is 3. The van der Waals surface area contributed by atoms with E-state index in [0.29, 0.717) is 23.2 Å². The van der Waals surface area contributed by atoms with E-state index in [9.17, 15) is 4.79 Å². The Morgan fingerprint density at radius 2 is 1.79 bits per heavy atom. The predicted octanol–water partition coefficient (Wildman–Crippen LogP) is 6.18. The molecule has 0 unspecified atom stereocenters. The van der Waals surface area contributed by atoms with Crippen LogP contribution >= 0.6 is 0 Å². The van der Waals surface area contributed by atoms with Gasteiger partial charge in [0, 0.05) is 11.8 Å². The summed E-state index contributed by atoms with van der Waals surface area (Å²) in [5.74, 6) is 3.69. The van der Waals surface area contributed by atoms with E-state index in [1.807, 2.05) is 0 Å². The molecular formula is C26H36O2. The van der Waals surface area contributed by atoms with Crippen LogP contribution in [0.2, 0.25) is 0 Å². The Labute approximate surface area is 170 Å². The van der Waals surface area contributed by atoms with Crippen LogP contribution in [0.15, 0.2) is 30.3 Å². The molecule has 0 aliphatic heterocycles. The second kappa shape index (κ2) is 6.97. The Morgan fingerprint density at radius 3 is 2.61 bits per heavy atom. The minimum atomic E-state index is 0.0142. The molecule has 0 amide bonds. The van der Waals surface area contributed by atoms with Gasteiger partial charge in [0.05, 0.1) is 12.7 Å². The van der Waals surface area contributed by atoms with Crippen LogP contribution in [-0.4, -0.2) is 11.9 Å². The molecule has 2 heteroatoms. The van der Waals surface area contributed by atoms with E-state index in [2.05, 4.69) is 44.2 Å². The summed E-state index contributed by atoms with van der Waals surface area (Å²) >= 11 is 0. The second-order valence-electron chi connectivity index (χ2n) is 10.8. The fourth-order valence-corrected chi connectivity index (χ4v) is 7.93. The smallest absolute Gasteiger partial charge is 0.139 e. The number of hydrogen-bond donors (Lipinski definition) is 0. The third-order valence-corrected chi connectivity index (χ3v) is 9.66. The highest BCUT2D eigenvalue weighted by atomic mass is 16.5. The number of hydrogen-bond acceptors (Lipinski definition) is 2. The number of carbonyl (C=O) groups excluding carboxylic acids is 1. The van der Waals surface area contributed by atoms with Crippen LogP contribution in [-0.2, 0) is 16.1 Å². The maximum Gasteiger partial charge on any atom is 0.139 e. The van der Waals surface area contributed by atoms with Gasteiger partial charge >= 0.3 is 0 Å². The molecule has 4 aliphatic rings. The largest absolute Gasteiger partial charge is 0.374 e. The zero-order valence-electron chi connectivity index (χ0n) is 17.7. The molecule has 4 aliphatic carbocycles. The van der Waals surface area contributed by atoms with Gasteiger partial charge in [0.15, 0.2) is 0 Å². The van der Waals surface area contributed by atoms with E-state index >= 15 is 0 Å². The van der Waals surface area contributed by atoms with Crippen LogP contribution in [0.3, 0.4) is 0 Å². The maximum absolute atomic E-state index is 12.6. The summed E-state index contributed by atoms with van der Waals surface area (Å²) in [5, 5.41) is 0. The second-order valence-corrected chi connectivity index (χ2v) is 10.8. The van der Waals surface area contributed by atoms with Crippen LogP contribution < -0.4 is 0 Å². The van der Waals surface area contributed by atoms with Gasteiger partial charge < -0.3 is 4.74 Å². The third-order valence-electron chi connectivity index (χ3n) is 9.66. The lowest BCUT2D eigenvalue weighted by molar-refractivity contribution is -0.145. The Balaban J connectivity index is 1.27. The first-order valence-electron chi connectivity index (χ1n) is 11.7. The van der Waals surface area contributed by atoms with Crippen molar-refractivity contribution in [3.05, 3.63) is 35.9 Å². The lowest BCUT2D eigenvalue weighted by atomic mass is 9.45. The lowest BCUT2D eigenvalue weighted by Gasteiger charge is -2.60. The molecule has 0 spiro atoms. The van der Waals surface area contributed by atoms with Crippen LogP contribution in [0.1, 0.15) is 77.2 Å². The standard InChI is InChI=1S/C26H36O2/c1-25-14-12-20(28-17-18-6-4-3-5-7-18)16-19(25)8-9-21-22-10-11-24(27)26(22,2)15-13-23(21)25/h3-7,19-23H,8-17H2,1-2H3/t19-,20+,21+,22+,23+,25-,26+/m0/s1. The van der Waals surface area contributed by atoms with Crippen molar-refractivity contribution >= 4 is 5.78 Å². The molecule has 0 heterocycles. The summed E-state index contributed by atoms with van der Waals surface area (Å²) < 4.78 is 6.35. The number of benzene rings is 1. The highest BCUT2D eigenvalue weighted by Crippen LogP contribution is 2.65. The summed E-state index contributed by atoms with van der Waals surface area (Å²) in [5.41, 5.74) is 1.78. The molecule has 4 fully saturated rings. The van der Waals surface area contributed by atoms with Crippen molar-refractivity contribution in [2.24, 2.45) is 34.5 Å². The highest BCUT2D eigenvalue weighted by molar-refractivity contribution is 5.87. The number of fused-ring (bicyclic) bond motifs is 5. The molecule has 0 N–H and O–H groups in total. The van der Waals surface area contributed by atoms with E-state index in [4.69, 9.17) is 4.74 Å². The number of carbonyl (C=O) groups is 1. The maximum atomic E-state index is 12.6. The molecule has 0 aromatic heterocycles. The highest BCUT2D eigenvalue weighted by Gasteiger charge is 2.60. The summed E-state index contributed by atoms with van der Waals surface area (Å²) in [6, 6.07) is 10.6. The summed E-state index contributed by atoms with van der Waals surface area (Å²) in [4.78, 5) is 12.6. The van der Waals surface area contributed by atoms with Gasteiger partial charge in [0.1, 0.15) is 5.78 Å². The zero-order chi connectivity index (χ0) is 19.4. The van der Waals surface area contributed by atoms with Crippen molar-refractivity contribution in [2.45, 2.75) is 84.3 Å². The topological polar surface area (TPSA) is 26.3 Å². The monoisotopic (exact) mass is 380 g/mol. The average molecular weight is 381 g/mol. The van der Waals surface area contributed by atoms with Gasteiger partial charge in [-0.1, -0.05) is 44.2 Å². The van der Waals surface area contributed by atoms with Crippen molar-refractivity contribution in [3.8, 4) is 0 Å². The first-order valence-corrected chi connectivity index (χ1v) is 11.7. The molecule has 152 valence electrons. The quantitative estimate of drug-likeness (QED) is 0.625. The third kappa shape index (κ3) is 2.90. The van der Waals surface area contributed by atoms with Crippen molar-refractivity contribution in [1.29, 1.82) is 0 Å². The molecular weight excluding hydrogens is 344 g/mol. The van der Waals surface area contributed by atoms with E-state index in [1.54, 1.807) is 0 Å². The summed E-state index contributed by atoms with van der Waals surface area (Å²) in [6.45, 7) is 5.65. The van der Waals surface area contributed by atoms with Crippen LogP contribution in [0.4, 0.5) is 0 Å².